The topological polar surface area (TPSA) is 78.3 Å². The zero-order chi connectivity index (χ0) is 17.5. The molecule has 138 valence electrons. The minimum Gasteiger partial charge on any atom is -0.459 e. The molecule has 2 aliphatic heterocycles. The van der Waals surface area contributed by atoms with Crippen molar-refractivity contribution in [2.45, 2.75) is 0 Å². The van der Waals surface area contributed by atoms with Gasteiger partial charge in [-0.15, -0.1) is 0 Å². The lowest BCUT2D eigenvalue weighted by molar-refractivity contribution is -0.131. The molecule has 3 rings (SSSR count). The fourth-order valence-corrected chi connectivity index (χ4v) is 3.08. The first kappa shape index (κ1) is 17.9. The van der Waals surface area contributed by atoms with Gasteiger partial charge >= 0.3 is 0 Å². The summed E-state index contributed by atoms with van der Waals surface area (Å²) in [5, 5.41) is 3.22. The van der Waals surface area contributed by atoms with Gasteiger partial charge in [-0.25, -0.2) is 0 Å². The molecule has 1 aromatic rings. The molecule has 0 radical (unpaired) electrons. The average molecular weight is 350 g/mol. The monoisotopic (exact) mass is 350 g/mol. The van der Waals surface area contributed by atoms with Crippen LogP contribution in [0.2, 0.25) is 0 Å². The quantitative estimate of drug-likeness (QED) is 0.696. The summed E-state index contributed by atoms with van der Waals surface area (Å²) in [6.45, 7) is 7.79. The van der Waals surface area contributed by atoms with Gasteiger partial charge in [0.15, 0.2) is 5.76 Å². The van der Waals surface area contributed by atoms with E-state index in [0.29, 0.717) is 38.5 Å². The predicted molar refractivity (Wildman–Crippen MR) is 91.3 cm³/mol. The lowest BCUT2D eigenvalue weighted by atomic mass is 10.2. The van der Waals surface area contributed by atoms with Crippen LogP contribution in [-0.4, -0.2) is 98.6 Å². The van der Waals surface area contributed by atoms with Gasteiger partial charge in [0.2, 0.25) is 5.91 Å². The van der Waals surface area contributed by atoms with Crippen molar-refractivity contribution in [3.63, 3.8) is 0 Å². The SMILES string of the molecule is O=C(CNCCN1CCOCC1)N1CCN(C(=O)c2ccco2)CC1. The molecule has 0 aromatic carbocycles. The van der Waals surface area contributed by atoms with E-state index in [-0.39, 0.29) is 11.8 Å². The Morgan fingerprint density at radius 2 is 1.76 bits per heavy atom. The number of hydrogen-bond acceptors (Lipinski definition) is 6. The third-order valence-corrected chi connectivity index (χ3v) is 4.64. The molecule has 3 heterocycles. The Morgan fingerprint density at radius 3 is 2.44 bits per heavy atom. The lowest BCUT2D eigenvalue weighted by Crippen LogP contribution is -2.52. The van der Waals surface area contributed by atoms with Gasteiger partial charge in [-0.3, -0.25) is 14.5 Å². The van der Waals surface area contributed by atoms with Crippen molar-refractivity contribution in [2.75, 3.05) is 72.1 Å². The Bertz CT molecular complexity index is 549. The zero-order valence-corrected chi connectivity index (χ0v) is 14.5. The molecular formula is C17H26N4O4. The average Bonchev–Trinajstić information content (AvgIpc) is 3.20. The minimum atomic E-state index is -0.110. The number of nitrogens with one attached hydrogen (secondary N) is 1. The number of carbonyl (C=O) groups excluding carboxylic acids is 2. The van der Waals surface area contributed by atoms with Crippen LogP contribution >= 0.6 is 0 Å². The largest absolute Gasteiger partial charge is 0.459 e. The molecule has 2 saturated heterocycles. The highest BCUT2D eigenvalue weighted by molar-refractivity contribution is 5.91. The molecule has 0 unspecified atom stereocenters. The lowest BCUT2D eigenvalue weighted by Gasteiger charge is -2.34. The second kappa shape index (κ2) is 8.98. The van der Waals surface area contributed by atoms with Gasteiger partial charge in [-0.1, -0.05) is 0 Å². The summed E-state index contributed by atoms with van der Waals surface area (Å²) in [5.74, 6) is 0.331. The maximum absolute atomic E-state index is 12.3. The third kappa shape index (κ3) is 5.04. The molecule has 2 fully saturated rings. The van der Waals surface area contributed by atoms with Gasteiger partial charge in [-0.2, -0.15) is 0 Å². The van der Waals surface area contributed by atoms with E-state index in [1.54, 1.807) is 17.0 Å². The summed E-state index contributed by atoms with van der Waals surface area (Å²) in [6, 6.07) is 3.37. The van der Waals surface area contributed by atoms with Crippen LogP contribution < -0.4 is 5.32 Å². The summed E-state index contributed by atoms with van der Waals surface area (Å²) in [4.78, 5) is 30.3. The molecular weight excluding hydrogens is 324 g/mol. The molecule has 0 aliphatic carbocycles. The Morgan fingerprint density at radius 1 is 1.04 bits per heavy atom. The highest BCUT2D eigenvalue weighted by Gasteiger charge is 2.25. The van der Waals surface area contributed by atoms with Crippen molar-refractivity contribution < 1.29 is 18.7 Å². The number of rotatable bonds is 6. The Balaban J connectivity index is 1.32. The predicted octanol–water partition coefficient (Wildman–Crippen LogP) is -0.514. The molecule has 0 spiro atoms. The van der Waals surface area contributed by atoms with Gasteiger partial charge in [0.25, 0.3) is 5.91 Å². The van der Waals surface area contributed by atoms with Gasteiger partial charge in [-0.05, 0) is 12.1 Å². The smallest absolute Gasteiger partial charge is 0.289 e. The Labute approximate surface area is 147 Å². The van der Waals surface area contributed by atoms with Crippen LogP contribution in [0.4, 0.5) is 0 Å². The van der Waals surface area contributed by atoms with E-state index >= 15 is 0 Å². The number of carbonyl (C=O) groups is 2. The summed E-state index contributed by atoms with van der Waals surface area (Å²) in [7, 11) is 0. The van der Waals surface area contributed by atoms with E-state index in [4.69, 9.17) is 9.15 Å². The van der Waals surface area contributed by atoms with E-state index in [1.165, 1.54) is 6.26 Å². The van der Waals surface area contributed by atoms with E-state index < -0.39 is 0 Å². The number of furan rings is 1. The van der Waals surface area contributed by atoms with E-state index in [0.717, 1.165) is 39.4 Å². The first-order valence-electron chi connectivity index (χ1n) is 8.85. The number of nitrogens with zero attached hydrogens (tertiary/aromatic N) is 3. The Hall–Kier alpha value is -1.90. The van der Waals surface area contributed by atoms with Crippen LogP contribution in [0, 0.1) is 0 Å². The molecule has 0 atom stereocenters. The second-order valence-corrected chi connectivity index (χ2v) is 6.28. The summed E-state index contributed by atoms with van der Waals surface area (Å²) < 4.78 is 10.5. The maximum Gasteiger partial charge on any atom is 0.289 e. The van der Waals surface area contributed by atoms with Crippen LogP contribution in [0.5, 0.6) is 0 Å². The molecule has 1 N–H and O–H groups in total. The summed E-state index contributed by atoms with van der Waals surface area (Å²) in [6.07, 6.45) is 1.50. The van der Waals surface area contributed by atoms with Crippen LogP contribution in [-0.2, 0) is 9.53 Å². The highest BCUT2D eigenvalue weighted by atomic mass is 16.5. The first-order valence-corrected chi connectivity index (χ1v) is 8.85. The van der Waals surface area contributed by atoms with Gasteiger partial charge in [0.1, 0.15) is 0 Å². The van der Waals surface area contributed by atoms with E-state index in [1.807, 2.05) is 4.90 Å². The minimum absolute atomic E-state index is 0.0899. The molecule has 8 heteroatoms. The molecule has 0 saturated carbocycles. The normalized spacial score (nSPS) is 19.2. The Kier molecular flexibility index (Phi) is 6.43. The number of ether oxygens (including phenoxy) is 1. The van der Waals surface area contributed by atoms with Crippen molar-refractivity contribution in [1.82, 2.24) is 20.0 Å². The number of piperazine rings is 1. The first-order chi connectivity index (χ1) is 12.2. The maximum atomic E-state index is 12.3. The second-order valence-electron chi connectivity index (χ2n) is 6.28. The van der Waals surface area contributed by atoms with Crippen molar-refractivity contribution >= 4 is 11.8 Å². The van der Waals surface area contributed by atoms with Crippen molar-refractivity contribution in [1.29, 1.82) is 0 Å². The van der Waals surface area contributed by atoms with Gasteiger partial charge in [0.05, 0.1) is 26.0 Å². The molecule has 8 nitrogen and oxygen atoms in total. The van der Waals surface area contributed by atoms with Crippen LogP contribution in [0.15, 0.2) is 22.8 Å². The van der Waals surface area contributed by atoms with Crippen molar-refractivity contribution in [3.8, 4) is 0 Å². The van der Waals surface area contributed by atoms with E-state index in [9.17, 15) is 9.59 Å². The molecule has 2 amide bonds. The van der Waals surface area contributed by atoms with Gasteiger partial charge < -0.3 is 24.3 Å². The van der Waals surface area contributed by atoms with Crippen LogP contribution in [0.25, 0.3) is 0 Å². The number of morpholine rings is 1. The number of hydrogen-bond donors (Lipinski definition) is 1. The molecule has 0 bridgehead atoms. The van der Waals surface area contributed by atoms with E-state index in [2.05, 4.69) is 10.2 Å². The highest BCUT2D eigenvalue weighted by Crippen LogP contribution is 2.09. The van der Waals surface area contributed by atoms with Crippen molar-refractivity contribution in [3.05, 3.63) is 24.2 Å². The summed E-state index contributed by atoms with van der Waals surface area (Å²) in [5.41, 5.74) is 0. The third-order valence-electron chi connectivity index (χ3n) is 4.64. The molecule has 2 aliphatic rings. The standard InChI is InChI=1S/C17H26N4O4/c22-16(14-18-3-4-19-9-12-24-13-10-19)20-5-7-21(8-6-20)17(23)15-2-1-11-25-15/h1-2,11,18H,3-10,12-14H2. The zero-order valence-electron chi connectivity index (χ0n) is 14.5. The molecule has 1 aromatic heterocycles. The molecule has 25 heavy (non-hydrogen) atoms. The van der Waals surface area contributed by atoms with Crippen molar-refractivity contribution in [2.24, 2.45) is 0 Å². The number of amides is 2. The fraction of sp³-hybridized carbons (Fsp3) is 0.647. The summed E-state index contributed by atoms with van der Waals surface area (Å²) >= 11 is 0. The fourth-order valence-electron chi connectivity index (χ4n) is 3.08. The van der Waals surface area contributed by atoms with Gasteiger partial charge in [0, 0.05) is 52.4 Å². The van der Waals surface area contributed by atoms with Crippen LogP contribution in [0.1, 0.15) is 10.6 Å². The van der Waals surface area contributed by atoms with Crippen LogP contribution in [0.3, 0.4) is 0 Å².